The van der Waals surface area contributed by atoms with E-state index in [-0.39, 0.29) is 12.0 Å². The highest BCUT2D eigenvalue weighted by Gasteiger charge is 2.41. The van der Waals surface area contributed by atoms with E-state index < -0.39 is 0 Å². The Kier molecular flexibility index (Phi) is 4.90. The van der Waals surface area contributed by atoms with Crippen LogP contribution in [0.2, 0.25) is 0 Å². The number of fused-ring (bicyclic) bond motifs is 4. The lowest BCUT2D eigenvalue weighted by Gasteiger charge is -2.18. The molecule has 2 aliphatic rings. The molecule has 8 heteroatoms. The van der Waals surface area contributed by atoms with Gasteiger partial charge in [0.25, 0.3) is 0 Å². The van der Waals surface area contributed by atoms with Gasteiger partial charge in [0.2, 0.25) is 0 Å². The third-order valence-corrected chi connectivity index (χ3v) is 6.81. The van der Waals surface area contributed by atoms with E-state index in [1.54, 1.807) is 18.5 Å². The highest BCUT2D eigenvalue weighted by Crippen LogP contribution is 2.40. The molecule has 1 atom stereocenters. The van der Waals surface area contributed by atoms with Gasteiger partial charge in [-0.1, -0.05) is 18.2 Å². The first-order valence-electron chi connectivity index (χ1n) is 12.2. The van der Waals surface area contributed by atoms with E-state index in [1.807, 2.05) is 18.5 Å². The molecule has 5 heterocycles. The molecule has 37 heavy (non-hydrogen) atoms. The molecule has 0 amide bonds. The van der Waals surface area contributed by atoms with Gasteiger partial charge in [-0.15, -0.1) is 0 Å². The number of H-pyrrole nitrogens is 1. The summed E-state index contributed by atoms with van der Waals surface area (Å²) in [5, 5.41) is 0. The van der Waals surface area contributed by atoms with Crippen molar-refractivity contribution in [2.45, 2.75) is 12.7 Å². The predicted molar refractivity (Wildman–Crippen MR) is 143 cm³/mol. The van der Waals surface area contributed by atoms with Crippen molar-refractivity contribution in [3.8, 4) is 22.3 Å². The Hall–Kier alpha value is -4.43. The summed E-state index contributed by atoms with van der Waals surface area (Å²) < 4.78 is 13.9. The summed E-state index contributed by atoms with van der Waals surface area (Å²) in [6.45, 7) is 1.72. The molecule has 3 aromatic heterocycles. The SMILES string of the molecule is CN(C)Cc1cncc(-c2ccc3c(c2)C(c2nc4c(-c5cccc(F)c5)cncc4[nH]2)=NC2CN32)c1. The van der Waals surface area contributed by atoms with Crippen molar-refractivity contribution in [1.82, 2.24) is 24.8 Å². The topological polar surface area (TPSA) is 73.1 Å². The van der Waals surface area contributed by atoms with Gasteiger partial charge < -0.3 is 14.8 Å². The van der Waals surface area contributed by atoms with Crippen molar-refractivity contribution in [3.63, 3.8) is 0 Å². The molecule has 5 aromatic rings. The molecule has 0 aliphatic carbocycles. The van der Waals surface area contributed by atoms with Crippen LogP contribution in [0.4, 0.5) is 10.1 Å². The molecule has 7 rings (SSSR count). The van der Waals surface area contributed by atoms with Crippen molar-refractivity contribution < 1.29 is 4.39 Å². The number of nitrogens with zero attached hydrogens (tertiary/aromatic N) is 6. The first-order chi connectivity index (χ1) is 18.0. The third-order valence-electron chi connectivity index (χ3n) is 6.81. The van der Waals surface area contributed by atoms with Gasteiger partial charge in [0.05, 0.1) is 23.8 Å². The lowest BCUT2D eigenvalue weighted by atomic mass is 9.98. The average molecular weight is 490 g/mol. The summed E-state index contributed by atoms with van der Waals surface area (Å²) in [4.78, 5) is 26.7. The van der Waals surface area contributed by atoms with Crippen LogP contribution in [-0.2, 0) is 6.54 Å². The summed E-state index contributed by atoms with van der Waals surface area (Å²) in [5.41, 5.74) is 9.37. The Morgan fingerprint density at radius 3 is 2.70 bits per heavy atom. The second kappa shape index (κ2) is 8.31. The van der Waals surface area contributed by atoms with Gasteiger partial charge in [-0.3, -0.25) is 15.0 Å². The van der Waals surface area contributed by atoms with Gasteiger partial charge in [-0.05, 0) is 61.1 Å². The molecule has 1 saturated heterocycles. The normalized spacial score (nSPS) is 16.1. The zero-order valence-corrected chi connectivity index (χ0v) is 20.5. The third kappa shape index (κ3) is 3.86. The summed E-state index contributed by atoms with van der Waals surface area (Å²) in [6, 6.07) is 15.2. The van der Waals surface area contributed by atoms with Crippen LogP contribution in [0.5, 0.6) is 0 Å². The fourth-order valence-electron chi connectivity index (χ4n) is 5.07. The second-order valence-corrected chi connectivity index (χ2v) is 9.84. The van der Waals surface area contributed by atoms with Crippen LogP contribution in [0.25, 0.3) is 33.3 Å². The predicted octanol–water partition coefficient (Wildman–Crippen LogP) is 4.88. The van der Waals surface area contributed by atoms with E-state index in [1.165, 1.54) is 12.1 Å². The van der Waals surface area contributed by atoms with Crippen LogP contribution < -0.4 is 4.90 Å². The summed E-state index contributed by atoms with van der Waals surface area (Å²) in [6.07, 6.45) is 7.42. The van der Waals surface area contributed by atoms with Crippen LogP contribution in [0.3, 0.4) is 0 Å². The molecule has 0 radical (unpaired) electrons. The van der Waals surface area contributed by atoms with Gasteiger partial charge in [0.15, 0.2) is 5.82 Å². The van der Waals surface area contributed by atoms with Crippen molar-refractivity contribution in [2.24, 2.45) is 4.99 Å². The Bertz CT molecular complexity index is 1700. The minimum atomic E-state index is -0.290. The molecular formula is C29H24FN7. The minimum Gasteiger partial charge on any atom is -0.344 e. The second-order valence-electron chi connectivity index (χ2n) is 9.84. The molecule has 0 spiro atoms. The van der Waals surface area contributed by atoms with E-state index in [0.717, 1.165) is 68.9 Å². The number of imidazole rings is 1. The number of nitrogens with one attached hydrogen (secondary N) is 1. The van der Waals surface area contributed by atoms with Crippen LogP contribution in [0, 0.1) is 5.82 Å². The van der Waals surface area contributed by atoms with Gasteiger partial charge in [0.1, 0.15) is 17.7 Å². The monoisotopic (exact) mass is 489 g/mol. The first-order valence-corrected chi connectivity index (χ1v) is 12.2. The number of aromatic nitrogens is 4. The molecule has 2 aliphatic heterocycles. The van der Waals surface area contributed by atoms with Crippen molar-refractivity contribution in [2.75, 3.05) is 25.5 Å². The Balaban J connectivity index is 1.33. The molecule has 1 fully saturated rings. The summed E-state index contributed by atoms with van der Waals surface area (Å²) >= 11 is 0. The van der Waals surface area contributed by atoms with E-state index in [2.05, 4.69) is 63.1 Å². The van der Waals surface area contributed by atoms with Crippen molar-refractivity contribution in [1.29, 1.82) is 0 Å². The van der Waals surface area contributed by atoms with Crippen LogP contribution >= 0.6 is 0 Å². The van der Waals surface area contributed by atoms with Crippen LogP contribution in [0.1, 0.15) is 17.0 Å². The average Bonchev–Trinajstić information content (AvgIpc) is 3.56. The number of anilines is 1. The van der Waals surface area contributed by atoms with Crippen LogP contribution in [0.15, 0.2) is 78.3 Å². The number of pyridine rings is 2. The van der Waals surface area contributed by atoms with E-state index in [9.17, 15) is 4.39 Å². The maximum absolute atomic E-state index is 13.9. The molecule has 0 saturated carbocycles. The zero-order valence-electron chi connectivity index (χ0n) is 20.5. The molecule has 2 aromatic carbocycles. The highest BCUT2D eigenvalue weighted by atomic mass is 19.1. The van der Waals surface area contributed by atoms with Gasteiger partial charge in [-0.2, -0.15) is 0 Å². The fraction of sp³-hybridized carbons (Fsp3) is 0.172. The number of halogens is 1. The van der Waals surface area contributed by atoms with E-state index in [4.69, 9.17) is 9.98 Å². The maximum Gasteiger partial charge on any atom is 0.157 e. The highest BCUT2D eigenvalue weighted by molar-refractivity contribution is 6.17. The van der Waals surface area contributed by atoms with E-state index in [0.29, 0.717) is 5.82 Å². The molecule has 1 N–H and O–H groups in total. The number of aromatic amines is 1. The molecule has 1 unspecified atom stereocenters. The standard InChI is InChI=1S/C29H24FN7/c1-36(2)15-17-8-20(12-31-11-17)18-6-7-25-22(10-18)28(34-26-16-37(25)26)29-33-24-14-32-13-23(27(24)35-29)19-4-3-5-21(30)9-19/h3-14,26H,15-16H2,1-2H3,(H,33,35). The molecule has 7 nitrogen and oxygen atoms in total. The summed E-state index contributed by atoms with van der Waals surface area (Å²) in [7, 11) is 4.11. The first kappa shape index (κ1) is 21.8. The maximum atomic E-state index is 13.9. The van der Waals surface area contributed by atoms with Gasteiger partial charge in [0, 0.05) is 47.5 Å². The number of benzene rings is 2. The lowest BCUT2D eigenvalue weighted by molar-refractivity contribution is 0.402. The van der Waals surface area contributed by atoms with Crippen molar-refractivity contribution >= 4 is 22.4 Å². The number of hydrogen-bond acceptors (Lipinski definition) is 6. The Labute approximate surface area is 213 Å². The molecule has 182 valence electrons. The number of aliphatic imine (C=N–C) groups is 1. The van der Waals surface area contributed by atoms with Crippen molar-refractivity contribution in [3.05, 3.63) is 96.1 Å². The van der Waals surface area contributed by atoms with Gasteiger partial charge in [-0.25, -0.2) is 9.37 Å². The number of rotatable bonds is 5. The zero-order chi connectivity index (χ0) is 25.1. The fourth-order valence-corrected chi connectivity index (χ4v) is 5.07. The number of hydrogen-bond donors (Lipinski definition) is 1. The Morgan fingerprint density at radius 2 is 1.84 bits per heavy atom. The minimum absolute atomic E-state index is 0.132. The molecular weight excluding hydrogens is 465 g/mol. The van der Waals surface area contributed by atoms with E-state index >= 15 is 0 Å². The summed E-state index contributed by atoms with van der Waals surface area (Å²) in [5.74, 6) is 0.395. The van der Waals surface area contributed by atoms with Crippen LogP contribution in [-0.4, -0.2) is 57.4 Å². The largest absolute Gasteiger partial charge is 0.344 e. The lowest BCUT2D eigenvalue weighted by Crippen LogP contribution is -2.17. The molecule has 0 bridgehead atoms. The quantitative estimate of drug-likeness (QED) is 0.356. The smallest absolute Gasteiger partial charge is 0.157 e. The Morgan fingerprint density at radius 1 is 0.946 bits per heavy atom. The van der Waals surface area contributed by atoms with Gasteiger partial charge >= 0.3 is 0 Å².